The van der Waals surface area contributed by atoms with Gasteiger partial charge in [-0.15, -0.1) is 11.8 Å². The van der Waals surface area contributed by atoms with Crippen LogP contribution in [0, 0.1) is 11.8 Å². The summed E-state index contributed by atoms with van der Waals surface area (Å²) >= 11 is 1.51. The van der Waals surface area contributed by atoms with Gasteiger partial charge in [-0.3, -0.25) is 14.4 Å². The van der Waals surface area contributed by atoms with Gasteiger partial charge in [0, 0.05) is 13.0 Å². The number of carboxylic acids is 1. The van der Waals surface area contributed by atoms with Crippen LogP contribution in [0.1, 0.15) is 33.1 Å². The Hall–Kier alpha value is -1.24. The minimum absolute atomic E-state index is 0.0108. The van der Waals surface area contributed by atoms with E-state index in [2.05, 4.69) is 19.2 Å². The molecule has 0 spiro atoms. The van der Waals surface area contributed by atoms with Crippen molar-refractivity contribution in [1.29, 1.82) is 0 Å². The smallest absolute Gasteiger partial charge is 0.303 e. The molecule has 0 radical (unpaired) electrons. The van der Waals surface area contributed by atoms with Crippen molar-refractivity contribution in [2.45, 2.75) is 33.1 Å². The largest absolute Gasteiger partial charge is 0.481 e. The number of carbonyl (C=O) groups excluding carboxylic acids is 2. The lowest BCUT2D eigenvalue weighted by Gasteiger charge is -2.20. The van der Waals surface area contributed by atoms with Gasteiger partial charge in [0.05, 0.1) is 11.6 Å². The summed E-state index contributed by atoms with van der Waals surface area (Å²) in [6, 6.07) is 0. The summed E-state index contributed by atoms with van der Waals surface area (Å²) in [4.78, 5) is 35.3. The van der Waals surface area contributed by atoms with Crippen molar-refractivity contribution in [3.63, 3.8) is 0 Å². The maximum atomic E-state index is 11.8. The highest BCUT2D eigenvalue weighted by atomic mass is 32.2. The highest BCUT2D eigenvalue weighted by Gasteiger charge is 2.23. The molecule has 0 aliphatic carbocycles. The second kappa shape index (κ2) is 8.92. The van der Waals surface area contributed by atoms with Crippen LogP contribution >= 0.6 is 11.8 Å². The summed E-state index contributed by atoms with van der Waals surface area (Å²) in [5, 5.41) is 11.5. The van der Waals surface area contributed by atoms with Gasteiger partial charge in [0.1, 0.15) is 6.54 Å². The maximum Gasteiger partial charge on any atom is 0.303 e. The van der Waals surface area contributed by atoms with Crippen molar-refractivity contribution in [2.24, 2.45) is 11.8 Å². The van der Waals surface area contributed by atoms with Crippen molar-refractivity contribution < 1.29 is 19.5 Å². The van der Waals surface area contributed by atoms with Gasteiger partial charge in [0.25, 0.3) is 0 Å². The summed E-state index contributed by atoms with van der Waals surface area (Å²) < 4.78 is 0. The molecule has 1 aliphatic heterocycles. The lowest BCUT2D eigenvalue weighted by Crippen LogP contribution is -2.38. The highest BCUT2D eigenvalue weighted by Crippen LogP contribution is 2.20. The third-order valence-electron chi connectivity index (χ3n) is 3.67. The second-order valence-corrected chi connectivity index (χ2v) is 6.60. The average molecular weight is 316 g/mol. The van der Waals surface area contributed by atoms with E-state index in [9.17, 15) is 14.4 Å². The van der Waals surface area contributed by atoms with Crippen molar-refractivity contribution in [1.82, 2.24) is 10.2 Å². The first kappa shape index (κ1) is 17.8. The Kier molecular flexibility index (Phi) is 7.56. The summed E-state index contributed by atoms with van der Waals surface area (Å²) in [6.07, 6.45) is 1.56. The summed E-state index contributed by atoms with van der Waals surface area (Å²) in [5.41, 5.74) is 0. The Labute approximate surface area is 129 Å². The third kappa shape index (κ3) is 6.84. The first-order valence-electron chi connectivity index (χ1n) is 7.24. The standard InChI is InChI=1S/C14H24N2O4S/c1-10(2)11(3-4-14(19)20)5-6-15-12(17)7-16-9-21-8-13(16)18/h10-11H,3-9H2,1-2H3,(H,15,17)(H,19,20). The molecule has 6 nitrogen and oxygen atoms in total. The van der Waals surface area contributed by atoms with Gasteiger partial charge in [-0.05, 0) is 24.7 Å². The second-order valence-electron chi connectivity index (χ2n) is 5.64. The zero-order valence-corrected chi connectivity index (χ0v) is 13.4. The Balaban J connectivity index is 2.24. The molecule has 2 N–H and O–H groups in total. The van der Waals surface area contributed by atoms with Crippen LogP contribution in [0.15, 0.2) is 0 Å². The molecule has 1 heterocycles. The molecule has 1 aliphatic rings. The van der Waals surface area contributed by atoms with Crippen LogP contribution in [0.25, 0.3) is 0 Å². The fraction of sp³-hybridized carbons (Fsp3) is 0.786. The van der Waals surface area contributed by atoms with Crippen LogP contribution in [-0.4, -0.2) is 52.5 Å². The molecule has 0 bridgehead atoms. The van der Waals surface area contributed by atoms with E-state index in [1.807, 2.05) is 0 Å². The summed E-state index contributed by atoms with van der Waals surface area (Å²) in [5.74, 6) is 0.790. The topological polar surface area (TPSA) is 86.7 Å². The maximum absolute atomic E-state index is 11.8. The van der Waals surface area contributed by atoms with Gasteiger partial charge >= 0.3 is 5.97 Å². The fourth-order valence-electron chi connectivity index (χ4n) is 2.29. The van der Waals surface area contributed by atoms with E-state index >= 15 is 0 Å². The number of nitrogens with zero attached hydrogens (tertiary/aromatic N) is 1. The van der Waals surface area contributed by atoms with E-state index in [0.717, 1.165) is 6.42 Å². The molecular formula is C14H24N2O4S. The molecule has 1 fully saturated rings. The van der Waals surface area contributed by atoms with E-state index in [1.165, 1.54) is 11.8 Å². The number of amides is 2. The van der Waals surface area contributed by atoms with E-state index in [0.29, 0.717) is 30.5 Å². The number of aliphatic carboxylic acids is 1. The monoisotopic (exact) mass is 316 g/mol. The van der Waals surface area contributed by atoms with Crippen molar-refractivity contribution >= 4 is 29.5 Å². The van der Waals surface area contributed by atoms with E-state index in [4.69, 9.17) is 5.11 Å². The average Bonchev–Trinajstić information content (AvgIpc) is 2.78. The normalized spacial score (nSPS) is 16.3. The van der Waals surface area contributed by atoms with Crippen molar-refractivity contribution in [3.8, 4) is 0 Å². The molecule has 7 heteroatoms. The Morgan fingerprint density at radius 3 is 2.62 bits per heavy atom. The minimum atomic E-state index is -0.783. The van der Waals surface area contributed by atoms with Crippen LogP contribution in [0.5, 0.6) is 0 Å². The van der Waals surface area contributed by atoms with Gasteiger partial charge in [0.2, 0.25) is 11.8 Å². The number of hydrogen-bond donors (Lipinski definition) is 2. The van der Waals surface area contributed by atoms with Crippen LogP contribution in [0.3, 0.4) is 0 Å². The molecule has 21 heavy (non-hydrogen) atoms. The lowest BCUT2D eigenvalue weighted by molar-refractivity contribution is -0.137. The number of hydrogen-bond acceptors (Lipinski definition) is 4. The number of thioether (sulfide) groups is 1. The SMILES string of the molecule is CC(C)C(CCNC(=O)CN1CSCC1=O)CCC(=O)O. The molecular weight excluding hydrogens is 292 g/mol. The van der Waals surface area contributed by atoms with E-state index < -0.39 is 5.97 Å². The Bertz CT molecular complexity index is 387. The first-order valence-corrected chi connectivity index (χ1v) is 8.39. The summed E-state index contributed by atoms with van der Waals surface area (Å²) in [7, 11) is 0. The first-order chi connectivity index (χ1) is 9.90. The van der Waals surface area contributed by atoms with Crippen LogP contribution in [0.2, 0.25) is 0 Å². The Morgan fingerprint density at radius 2 is 2.10 bits per heavy atom. The predicted molar refractivity (Wildman–Crippen MR) is 81.9 cm³/mol. The van der Waals surface area contributed by atoms with Gasteiger partial charge in [0.15, 0.2) is 0 Å². The molecule has 0 aromatic rings. The van der Waals surface area contributed by atoms with Crippen LogP contribution in [0.4, 0.5) is 0 Å². The number of carbonyl (C=O) groups is 3. The van der Waals surface area contributed by atoms with Gasteiger partial charge in [-0.25, -0.2) is 0 Å². The van der Waals surface area contributed by atoms with Crippen LogP contribution < -0.4 is 5.32 Å². The fourth-order valence-corrected chi connectivity index (χ4v) is 3.19. The third-order valence-corrected chi connectivity index (χ3v) is 4.61. The van der Waals surface area contributed by atoms with E-state index in [-0.39, 0.29) is 30.7 Å². The zero-order chi connectivity index (χ0) is 15.8. The van der Waals surface area contributed by atoms with E-state index in [1.54, 1.807) is 4.90 Å². The zero-order valence-electron chi connectivity index (χ0n) is 12.6. The van der Waals surface area contributed by atoms with Gasteiger partial charge in [-0.1, -0.05) is 13.8 Å². The number of nitrogens with one attached hydrogen (secondary N) is 1. The molecule has 1 unspecified atom stereocenters. The molecule has 0 saturated carbocycles. The predicted octanol–water partition coefficient (Wildman–Crippen LogP) is 1.16. The quantitative estimate of drug-likeness (QED) is 0.666. The molecule has 2 amide bonds. The number of rotatable bonds is 9. The molecule has 0 aromatic heterocycles. The summed E-state index contributed by atoms with van der Waals surface area (Å²) in [6.45, 7) is 4.77. The Morgan fingerprint density at radius 1 is 1.38 bits per heavy atom. The van der Waals surface area contributed by atoms with Gasteiger partial charge < -0.3 is 15.3 Å². The lowest BCUT2D eigenvalue weighted by atomic mass is 9.88. The van der Waals surface area contributed by atoms with Crippen LogP contribution in [-0.2, 0) is 14.4 Å². The number of carboxylic acid groups (broad SMARTS) is 1. The highest BCUT2D eigenvalue weighted by molar-refractivity contribution is 8.00. The molecule has 1 atom stereocenters. The minimum Gasteiger partial charge on any atom is -0.481 e. The van der Waals surface area contributed by atoms with Crippen molar-refractivity contribution in [2.75, 3.05) is 24.7 Å². The molecule has 120 valence electrons. The van der Waals surface area contributed by atoms with Crippen molar-refractivity contribution in [3.05, 3.63) is 0 Å². The molecule has 0 aromatic carbocycles. The molecule has 1 rings (SSSR count). The molecule has 1 saturated heterocycles. The van der Waals surface area contributed by atoms with Gasteiger partial charge in [-0.2, -0.15) is 0 Å².